The maximum absolute atomic E-state index is 13.2. The number of fused-ring (bicyclic) bond motifs is 1. The lowest BCUT2D eigenvalue weighted by Gasteiger charge is -2.33. The number of aryl methyl sites for hydroxylation is 2. The third kappa shape index (κ3) is 2.65. The minimum Gasteiger partial charge on any atom is -0.315 e. The Balaban J connectivity index is 1.92. The van der Waals surface area contributed by atoms with Gasteiger partial charge in [-0.05, 0) is 51.3 Å². The first-order valence-corrected chi connectivity index (χ1v) is 9.20. The molecule has 2 fully saturated rings. The Morgan fingerprint density at radius 2 is 2.17 bits per heavy atom. The van der Waals surface area contributed by atoms with Gasteiger partial charge in [-0.3, -0.25) is 9.59 Å². The molecule has 1 aromatic carbocycles. The summed E-state index contributed by atoms with van der Waals surface area (Å²) in [5.74, 6) is 0.864. The number of hydrogen-bond donors (Lipinski definition) is 0. The summed E-state index contributed by atoms with van der Waals surface area (Å²) in [5.41, 5.74) is 3.19. The van der Waals surface area contributed by atoms with Crippen LogP contribution in [0.2, 0.25) is 0 Å². The molecule has 0 aromatic heterocycles. The van der Waals surface area contributed by atoms with E-state index in [1.807, 2.05) is 30.6 Å². The Kier molecular flexibility index (Phi) is 4.17. The quantitative estimate of drug-likeness (QED) is 0.854. The fourth-order valence-electron chi connectivity index (χ4n) is 3.64. The molecule has 124 valence electrons. The number of hydrogen-bond acceptors (Lipinski definition) is 3. The Labute approximate surface area is 142 Å². The van der Waals surface area contributed by atoms with Gasteiger partial charge < -0.3 is 9.80 Å². The van der Waals surface area contributed by atoms with E-state index in [0.717, 1.165) is 23.2 Å². The van der Waals surface area contributed by atoms with E-state index in [4.69, 9.17) is 0 Å². The van der Waals surface area contributed by atoms with Crippen LogP contribution in [-0.4, -0.2) is 39.9 Å². The van der Waals surface area contributed by atoms with Gasteiger partial charge in [0, 0.05) is 24.4 Å². The third-order valence-corrected chi connectivity index (χ3v) is 6.47. The van der Waals surface area contributed by atoms with Crippen molar-refractivity contribution in [3.8, 4) is 0 Å². The predicted octanol–water partition coefficient (Wildman–Crippen LogP) is 3.11. The van der Waals surface area contributed by atoms with Gasteiger partial charge in [0.05, 0.1) is 4.87 Å². The second-order valence-corrected chi connectivity index (χ2v) is 8.14. The van der Waals surface area contributed by atoms with Crippen LogP contribution in [0.1, 0.15) is 37.8 Å². The molecule has 23 heavy (non-hydrogen) atoms. The number of carbonyl (C=O) groups is 2. The van der Waals surface area contributed by atoms with Crippen molar-refractivity contribution in [1.29, 1.82) is 0 Å². The van der Waals surface area contributed by atoms with Gasteiger partial charge in [-0.25, -0.2) is 0 Å². The van der Waals surface area contributed by atoms with Crippen LogP contribution in [0.4, 0.5) is 5.69 Å². The summed E-state index contributed by atoms with van der Waals surface area (Å²) < 4.78 is 0. The normalized spacial score (nSPS) is 26.5. The lowest BCUT2D eigenvalue weighted by atomic mass is 10.1. The van der Waals surface area contributed by atoms with E-state index >= 15 is 0 Å². The summed E-state index contributed by atoms with van der Waals surface area (Å²) in [7, 11) is 0. The summed E-state index contributed by atoms with van der Waals surface area (Å²) in [6, 6.07) is 5.84. The van der Waals surface area contributed by atoms with Crippen molar-refractivity contribution < 1.29 is 9.59 Å². The summed E-state index contributed by atoms with van der Waals surface area (Å²) in [4.78, 5) is 29.0. The van der Waals surface area contributed by atoms with Gasteiger partial charge in [-0.2, -0.15) is 0 Å². The zero-order chi connectivity index (χ0) is 16.8. The first-order valence-electron chi connectivity index (χ1n) is 8.22. The SMILES string of the molecule is CCN(C(=O)C1CSC2(C)CCC(=O)N12)c1cc(C)ccc1C. The Bertz CT molecular complexity index is 660. The highest BCUT2D eigenvalue weighted by Crippen LogP contribution is 2.47. The van der Waals surface area contributed by atoms with Gasteiger partial charge in [-0.15, -0.1) is 11.8 Å². The van der Waals surface area contributed by atoms with Crippen LogP contribution in [0, 0.1) is 13.8 Å². The fraction of sp³-hybridized carbons (Fsp3) is 0.556. The first-order chi connectivity index (χ1) is 10.9. The minimum atomic E-state index is -0.333. The van der Waals surface area contributed by atoms with Crippen molar-refractivity contribution in [2.45, 2.75) is 51.4 Å². The number of likely N-dealkylation sites (N-methyl/N-ethyl adjacent to an activating group) is 1. The Hall–Kier alpha value is -1.49. The van der Waals surface area contributed by atoms with Crippen molar-refractivity contribution in [2.24, 2.45) is 0 Å². The highest BCUT2D eigenvalue weighted by Gasteiger charge is 2.53. The molecule has 5 heteroatoms. The second kappa shape index (κ2) is 5.86. The van der Waals surface area contributed by atoms with Gasteiger partial charge in [0.1, 0.15) is 6.04 Å². The molecule has 2 unspecified atom stereocenters. The molecule has 0 N–H and O–H groups in total. The van der Waals surface area contributed by atoms with E-state index in [1.54, 1.807) is 11.8 Å². The molecule has 2 saturated heterocycles. The summed E-state index contributed by atoms with van der Waals surface area (Å²) in [5, 5.41) is 0. The summed E-state index contributed by atoms with van der Waals surface area (Å²) >= 11 is 1.74. The molecule has 0 spiro atoms. The molecule has 0 aliphatic carbocycles. The lowest BCUT2D eigenvalue weighted by Crippen LogP contribution is -2.51. The van der Waals surface area contributed by atoms with Crippen LogP contribution >= 0.6 is 11.8 Å². The molecule has 1 aromatic rings. The molecular weight excluding hydrogens is 308 g/mol. The molecule has 0 bridgehead atoms. The van der Waals surface area contributed by atoms with Crippen LogP contribution in [0.25, 0.3) is 0 Å². The van der Waals surface area contributed by atoms with Gasteiger partial charge in [0.2, 0.25) is 5.91 Å². The number of rotatable bonds is 3. The summed E-state index contributed by atoms with van der Waals surface area (Å²) in [6.45, 7) is 8.76. The monoisotopic (exact) mass is 332 g/mol. The number of amides is 2. The number of anilines is 1. The van der Waals surface area contributed by atoms with Crippen LogP contribution < -0.4 is 4.90 Å². The van der Waals surface area contributed by atoms with Gasteiger partial charge >= 0.3 is 0 Å². The molecular formula is C18H24N2O2S. The molecule has 2 aliphatic rings. The van der Waals surface area contributed by atoms with E-state index < -0.39 is 0 Å². The highest BCUT2D eigenvalue weighted by atomic mass is 32.2. The first kappa shape index (κ1) is 16.4. The number of carbonyl (C=O) groups excluding carboxylic acids is 2. The standard InChI is InChI=1S/C18H24N2O2S/c1-5-19(14-10-12(2)6-7-13(14)3)17(22)15-11-23-18(4)9-8-16(21)20(15)18/h6-7,10,15H,5,8-9,11H2,1-4H3. The maximum Gasteiger partial charge on any atom is 0.250 e. The van der Waals surface area contributed by atoms with Crippen molar-refractivity contribution in [1.82, 2.24) is 4.90 Å². The smallest absolute Gasteiger partial charge is 0.250 e. The predicted molar refractivity (Wildman–Crippen MR) is 94.7 cm³/mol. The van der Waals surface area contributed by atoms with Crippen LogP contribution in [0.5, 0.6) is 0 Å². The number of thioether (sulfide) groups is 1. The van der Waals surface area contributed by atoms with Crippen molar-refractivity contribution in [3.63, 3.8) is 0 Å². The van der Waals surface area contributed by atoms with Gasteiger partial charge in [-0.1, -0.05) is 12.1 Å². The van der Waals surface area contributed by atoms with Crippen molar-refractivity contribution in [3.05, 3.63) is 29.3 Å². The molecule has 0 radical (unpaired) electrons. The number of nitrogens with zero attached hydrogens (tertiary/aromatic N) is 2. The van der Waals surface area contributed by atoms with Crippen LogP contribution in [-0.2, 0) is 9.59 Å². The molecule has 4 nitrogen and oxygen atoms in total. The van der Waals surface area contributed by atoms with Crippen LogP contribution in [0.15, 0.2) is 18.2 Å². The second-order valence-electron chi connectivity index (χ2n) is 6.64. The number of benzene rings is 1. The highest BCUT2D eigenvalue weighted by molar-refractivity contribution is 8.01. The Morgan fingerprint density at radius 3 is 2.87 bits per heavy atom. The van der Waals surface area contributed by atoms with Crippen molar-refractivity contribution in [2.75, 3.05) is 17.2 Å². The van der Waals surface area contributed by atoms with E-state index in [9.17, 15) is 9.59 Å². The minimum absolute atomic E-state index is 0.0488. The molecule has 3 rings (SSSR count). The zero-order valence-corrected chi connectivity index (χ0v) is 15.1. The maximum atomic E-state index is 13.2. The fourth-order valence-corrected chi connectivity index (χ4v) is 5.06. The van der Waals surface area contributed by atoms with E-state index in [0.29, 0.717) is 18.7 Å². The average molecular weight is 332 g/mol. The Morgan fingerprint density at radius 1 is 1.43 bits per heavy atom. The van der Waals surface area contributed by atoms with Gasteiger partial charge in [0.25, 0.3) is 5.91 Å². The van der Waals surface area contributed by atoms with Gasteiger partial charge in [0.15, 0.2) is 0 Å². The molecule has 0 saturated carbocycles. The molecule has 2 aliphatic heterocycles. The lowest BCUT2D eigenvalue weighted by molar-refractivity contribution is -0.136. The third-order valence-electron chi connectivity index (χ3n) is 4.97. The summed E-state index contributed by atoms with van der Waals surface area (Å²) in [6.07, 6.45) is 1.40. The van der Waals surface area contributed by atoms with E-state index in [2.05, 4.69) is 25.1 Å². The topological polar surface area (TPSA) is 40.6 Å². The van der Waals surface area contributed by atoms with Crippen LogP contribution in [0.3, 0.4) is 0 Å². The van der Waals surface area contributed by atoms with Crippen molar-refractivity contribution >= 4 is 29.3 Å². The van der Waals surface area contributed by atoms with E-state index in [1.165, 1.54) is 0 Å². The molecule has 2 atom stereocenters. The van der Waals surface area contributed by atoms with E-state index in [-0.39, 0.29) is 22.7 Å². The zero-order valence-electron chi connectivity index (χ0n) is 14.3. The molecule has 2 amide bonds. The average Bonchev–Trinajstić information content (AvgIpc) is 3.00. The molecule has 2 heterocycles. The largest absolute Gasteiger partial charge is 0.315 e.